The van der Waals surface area contributed by atoms with Crippen molar-refractivity contribution in [2.75, 3.05) is 13.2 Å². The first-order chi connectivity index (χ1) is 12.0. The Morgan fingerprint density at radius 3 is 1.35 bits per heavy atom. The summed E-state index contributed by atoms with van der Waals surface area (Å²) in [5.74, 6) is -0.603. The third kappa shape index (κ3) is 8.23. The fourth-order valence-electron chi connectivity index (χ4n) is 2.13. The first-order valence-corrected chi connectivity index (χ1v) is 9.31. The Morgan fingerprint density at radius 2 is 1.12 bits per heavy atom. The monoisotopic (exact) mass is 372 g/mol. The number of carbonyl (C=O) groups excluding carboxylic acids is 2. The molecule has 0 bridgehead atoms. The molecule has 0 aliphatic heterocycles. The lowest BCUT2D eigenvalue weighted by molar-refractivity contribution is -0.128. The second kappa shape index (κ2) is 11.2. The van der Waals surface area contributed by atoms with E-state index in [1.165, 1.54) is 0 Å². The summed E-state index contributed by atoms with van der Waals surface area (Å²) in [5.41, 5.74) is -2.26. The summed E-state index contributed by atoms with van der Waals surface area (Å²) in [6.45, 7) is 10.4. The van der Waals surface area contributed by atoms with Gasteiger partial charge in [-0.3, -0.25) is 9.59 Å². The maximum atomic E-state index is 12.4. The number of hydrogen-bond donors (Lipinski definition) is 4. The van der Waals surface area contributed by atoms with Crippen LogP contribution in [0.2, 0.25) is 0 Å². The Bertz CT molecular complexity index is 436. The number of rotatable bonds is 12. The molecule has 0 saturated heterocycles. The number of aliphatic hydroxyl groups is 2. The van der Waals surface area contributed by atoms with E-state index in [9.17, 15) is 9.59 Å². The lowest BCUT2D eigenvalue weighted by Gasteiger charge is -2.26. The molecule has 4 N–H and O–H groups in total. The quantitative estimate of drug-likeness (QED) is 0.388. The molecule has 8 heteroatoms. The molecule has 0 rings (SSSR count). The maximum Gasteiger partial charge on any atom is 0.249 e. The number of amides is 2. The summed E-state index contributed by atoms with van der Waals surface area (Å²) < 4.78 is 0. The number of carbonyl (C=O) groups is 2. The van der Waals surface area contributed by atoms with Gasteiger partial charge in [0.2, 0.25) is 11.8 Å². The van der Waals surface area contributed by atoms with Crippen LogP contribution < -0.4 is 10.6 Å². The van der Waals surface area contributed by atoms with Crippen molar-refractivity contribution in [1.29, 1.82) is 0 Å². The second-order valence-electron chi connectivity index (χ2n) is 7.50. The topological polar surface area (TPSA) is 123 Å². The van der Waals surface area contributed by atoms with E-state index in [2.05, 4.69) is 20.9 Å². The number of azo groups is 1. The van der Waals surface area contributed by atoms with Crippen LogP contribution in [0.15, 0.2) is 10.2 Å². The lowest BCUT2D eigenvalue weighted by atomic mass is 10.0. The van der Waals surface area contributed by atoms with Gasteiger partial charge in [0.25, 0.3) is 0 Å². The summed E-state index contributed by atoms with van der Waals surface area (Å²) in [6, 6.07) is -0.246. The van der Waals surface area contributed by atoms with Crippen molar-refractivity contribution in [2.24, 2.45) is 10.2 Å². The molecule has 0 aromatic heterocycles. The predicted molar refractivity (Wildman–Crippen MR) is 101 cm³/mol. The first kappa shape index (κ1) is 24.5. The minimum atomic E-state index is -1.13. The van der Waals surface area contributed by atoms with Gasteiger partial charge >= 0.3 is 0 Å². The molecule has 0 aliphatic rings. The molecule has 26 heavy (non-hydrogen) atoms. The van der Waals surface area contributed by atoms with Gasteiger partial charge in [-0.1, -0.05) is 13.8 Å². The van der Waals surface area contributed by atoms with E-state index in [0.29, 0.717) is 25.7 Å². The Morgan fingerprint density at radius 1 is 0.808 bits per heavy atom. The molecule has 0 spiro atoms. The van der Waals surface area contributed by atoms with Crippen LogP contribution in [0.5, 0.6) is 0 Å². The van der Waals surface area contributed by atoms with Crippen molar-refractivity contribution in [3.8, 4) is 0 Å². The summed E-state index contributed by atoms with van der Waals surface area (Å²) in [7, 11) is 0. The number of hydrogen-bond acceptors (Lipinski definition) is 6. The number of nitrogens with zero attached hydrogens (tertiary/aromatic N) is 2. The Balaban J connectivity index is 5.00. The fourth-order valence-corrected chi connectivity index (χ4v) is 2.13. The molecule has 2 atom stereocenters. The van der Waals surface area contributed by atoms with Crippen molar-refractivity contribution < 1.29 is 19.8 Å². The number of aliphatic hydroxyl groups excluding tert-OH is 2. The predicted octanol–water partition coefficient (Wildman–Crippen LogP) is 1.55. The van der Waals surface area contributed by atoms with E-state index in [-0.39, 0.29) is 37.1 Å². The smallest absolute Gasteiger partial charge is 0.249 e. The van der Waals surface area contributed by atoms with E-state index in [1.54, 1.807) is 27.7 Å². The molecule has 0 aromatic carbocycles. The zero-order valence-electron chi connectivity index (χ0n) is 17.0. The SMILES string of the molecule is CCC(CCO)NC(=O)C(C)(C)/N=N/C(C)(C)C(=O)NC(CC)CCO. The largest absolute Gasteiger partial charge is 0.396 e. The minimum absolute atomic E-state index is 0.000368. The summed E-state index contributed by atoms with van der Waals surface area (Å²) in [6.07, 6.45) is 2.37. The normalized spacial score (nSPS) is 14.9. The molecule has 0 fully saturated rings. The molecule has 2 unspecified atom stereocenters. The molecule has 0 saturated carbocycles. The fraction of sp³-hybridized carbons (Fsp3) is 0.889. The highest BCUT2D eigenvalue weighted by Gasteiger charge is 2.33. The molecule has 152 valence electrons. The summed E-state index contributed by atoms with van der Waals surface area (Å²) in [4.78, 5) is 24.9. The van der Waals surface area contributed by atoms with E-state index in [1.807, 2.05) is 13.8 Å². The second-order valence-corrected chi connectivity index (χ2v) is 7.50. The zero-order chi connectivity index (χ0) is 20.4. The van der Waals surface area contributed by atoms with Crippen molar-refractivity contribution in [2.45, 2.75) is 90.4 Å². The van der Waals surface area contributed by atoms with Crippen molar-refractivity contribution >= 4 is 11.8 Å². The van der Waals surface area contributed by atoms with Crippen LogP contribution in [-0.4, -0.2) is 58.4 Å². The maximum absolute atomic E-state index is 12.4. The van der Waals surface area contributed by atoms with Crippen LogP contribution >= 0.6 is 0 Å². The highest BCUT2D eigenvalue weighted by Crippen LogP contribution is 2.17. The first-order valence-electron chi connectivity index (χ1n) is 9.31. The average Bonchev–Trinajstić information content (AvgIpc) is 2.58. The van der Waals surface area contributed by atoms with Crippen molar-refractivity contribution in [3.05, 3.63) is 0 Å². The van der Waals surface area contributed by atoms with E-state index < -0.39 is 11.1 Å². The molecule has 0 radical (unpaired) electrons. The highest BCUT2D eigenvalue weighted by molar-refractivity contribution is 5.87. The summed E-state index contributed by atoms with van der Waals surface area (Å²) in [5, 5.41) is 32.0. The Hall–Kier alpha value is -1.54. The van der Waals surface area contributed by atoms with Crippen LogP contribution in [0.25, 0.3) is 0 Å². The lowest BCUT2D eigenvalue weighted by Crippen LogP contribution is -2.48. The molecule has 2 amide bonds. The number of nitrogens with one attached hydrogen (secondary N) is 2. The van der Waals surface area contributed by atoms with Crippen LogP contribution in [0, 0.1) is 0 Å². The van der Waals surface area contributed by atoms with Crippen molar-refractivity contribution in [1.82, 2.24) is 10.6 Å². The Kier molecular flexibility index (Phi) is 10.6. The van der Waals surface area contributed by atoms with Gasteiger partial charge in [-0.2, -0.15) is 10.2 Å². The van der Waals surface area contributed by atoms with Gasteiger partial charge in [0.15, 0.2) is 11.1 Å². The van der Waals surface area contributed by atoms with Gasteiger partial charge < -0.3 is 20.8 Å². The highest BCUT2D eigenvalue weighted by atomic mass is 16.3. The minimum Gasteiger partial charge on any atom is -0.396 e. The van der Waals surface area contributed by atoms with Gasteiger partial charge in [0.05, 0.1) is 0 Å². The van der Waals surface area contributed by atoms with E-state index in [0.717, 1.165) is 0 Å². The van der Waals surface area contributed by atoms with Crippen LogP contribution in [-0.2, 0) is 9.59 Å². The van der Waals surface area contributed by atoms with Crippen LogP contribution in [0.3, 0.4) is 0 Å². The molecular formula is C18H36N4O4. The molecular weight excluding hydrogens is 336 g/mol. The van der Waals surface area contributed by atoms with Crippen LogP contribution in [0.1, 0.15) is 67.2 Å². The van der Waals surface area contributed by atoms with E-state index in [4.69, 9.17) is 10.2 Å². The molecule has 0 aliphatic carbocycles. The van der Waals surface area contributed by atoms with Gasteiger partial charge in [-0.05, 0) is 53.4 Å². The zero-order valence-corrected chi connectivity index (χ0v) is 17.0. The summed E-state index contributed by atoms with van der Waals surface area (Å²) >= 11 is 0. The molecule has 0 aromatic rings. The van der Waals surface area contributed by atoms with Gasteiger partial charge in [0, 0.05) is 25.3 Å². The van der Waals surface area contributed by atoms with Gasteiger partial charge in [-0.15, -0.1) is 0 Å². The van der Waals surface area contributed by atoms with E-state index >= 15 is 0 Å². The van der Waals surface area contributed by atoms with Crippen LogP contribution in [0.4, 0.5) is 0 Å². The molecule has 8 nitrogen and oxygen atoms in total. The average molecular weight is 373 g/mol. The Labute approximate surface area is 156 Å². The van der Waals surface area contributed by atoms with Gasteiger partial charge in [0.1, 0.15) is 0 Å². The standard InChI is InChI=1S/C18H36N4O4/c1-7-13(9-11-23)19-15(25)17(3,4)21-22-18(5,6)16(26)20-14(8-2)10-12-24/h13-14,23-24H,7-12H2,1-6H3,(H,19,25)(H,20,26)/b22-21+. The van der Waals surface area contributed by atoms with Crippen molar-refractivity contribution in [3.63, 3.8) is 0 Å². The molecule has 0 heterocycles. The third-order valence-electron chi connectivity index (χ3n) is 4.27. The van der Waals surface area contributed by atoms with Gasteiger partial charge in [-0.25, -0.2) is 0 Å². The third-order valence-corrected chi connectivity index (χ3v) is 4.27.